The van der Waals surface area contributed by atoms with E-state index >= 15 is 0 Å². The number of hydrogen-bond acceptors (Lipinski definition) is 5. The molecule has 1 aromatic carbocycles. The topological polar surface area (TPSA) is 73.7 Å². The number of imidazole rings is 1. The maximum Gasteiger partial charge on any atom is 0.214 e. The van der Waals surface area contributed by atoms with Crippen molar-refractivity contribution >= 4 is 10.0 Å². The molecule has 2 aromatic rings. The Balaban J connectivity index is 1.96. The molecule has 0 N–H and O–H groups in total. The normalized spacial score (nSPS) is 20.4. The number of rotatable bonds is 6. The maximum absolute atomic E-state index is 12.4. The van der Waals surface area contributed by atoms with Crippen molar-refractivity contribution in [3.8, 4) is 17.1 Å². The van der Waals surface area contributed by atoms with Crippen molar-refractivity contribution < 1.29 is 17.9 Å². The van der Waals surface area contributed by atoms with Crippen LogP contribution in [0.25, 0.3) is 11.4 Å². The van der Waals surface area contributed by atoms with E-state index < -0.39 is 10.0 Å². The van der Waals surface area contributed by atoms with E-state index in [0.717, 1.165) is 28.3 Å². The quantitative estimate of drug-likeness (QED) is 0.753. The van der Waals surface area contributed by atoms with Crippen LogP contribution in [0.5, 0.6) is 5.75 Å². The van der Waals surface area contributed by atoms with Gasteiger partial charge >= 0.3 is 0 Å². The molecular weight excluding hydrogens is 366 g/mol. The highest BCUT2D eigenvalue weighted by atomic mass is 32.2. The number of ether oxygens (including phenoxy) is 2. The van der Waals surface area contributed by atoms with Crippen LogP contribution in [0.2, 0.25) is 0 Å². The smallest absolute Gasteiger partial charge is 0.214 e. The van der Waals surface area contributed by atoms with Gasteiger partial charge in [-0.25, -0.2) is 17.7 Å². The average molecular weight is 394 g/mol. The zero-order valence-corrected chi connectivity index (χ0v) is 17.3. The van der Waals surface area contributed by atoms with E-state index in [0.29, 0.717) is 13.2 Å². The third kappa shape index (κ3) is 3.88. The summed E-state index contributed by atoms with van der Waals surface area (Å²) in [6.07, 6.45) is 3.66. The number of aromatic nitrogens is 2. The van der Waals surface area contributed by atoms with Crippen molar-refractivity contribution in [2.45, 2.75) is 19.9 Å². The number of aryl methyl sites for hydroxylation is 2. The SMILES string of the molecule is COc1cc(C)c(-c2nccn2[C@@H]2COC[C@@H]2CS(=O)(=O)N(C)C)cc1C. The van der Waals surface area contributed by atoms with Crippen LogP contribution in [0.15, 0.2) is 24.5 Å². The van der Waals surface area contributed by atoms with Gasteiger partial charge in [-0.15, -0.1) is 0 Å². The molecule has 2 atom stereocenters. The molecule has 8 heteroatoms. The fourth-order valence-electron chi connectivity index (χ4n) is 3.51. The number of hydrogen-bond donors (Lipinski definition) is 0. The second kappa shape index (κ2) is 7.61. The lowest BCUT2D eigenvalue weighted by molar-refractivity contribution is 0.182. The Labute approximate surface area is 161 Å². The Kier molecular flexibility index (Phi) is 5.60. The standard InChI is InChI=1S/C19H27N3O4S/c1-13-9-18(25-5)14(2)8-16(13)19-20-6-7-22(19)17-11-26-10-15(17)12-27(23,24)21(3)4/h6-9,15,17H,10-12H2,1-5H3/t15-,17-/m1/s1. The second-order valence-electron chi connectivity index (χ2n) is 7.22. The van der Waals surface area contributed by atoms with Crippen LogP contribution < -0.4 is 4.74 Å². The Bertz CT molecular complexity index is 921. The van der Waals surface area contributed by atoms with E-state index in [9.17, 15) is 8.42 Å². The van der Waals surface area contributed by atoms with Crippen LogP contribution in [-0.2, 0) is 14.8 Å². The summed E-state index contributed by atoms with van der Waals surface area (Å²) in [6.45, 7) is 4.93. The highest BCUT2D eigenvalue weighted by Gasteiger charge is 2.35. The van der Waals surface area contributed by atoms with Crippen molar-refractivity contribution in [1.82, 2.24) is 13.9 Å². The second-order valence-corrected chi connectivity index (χ2v) is 9.45. The predicted octanol–water partition coefficient (Wildman–Crippen LogP) is 2.25. The highest BCUT2D eigenvalue weighted by molar-refractivity contribution is 7.89. The minimum atomic E-state index is -3.30. The van der Waals surface area contributed by atoms with Gasteiger partial charge in [-0.05, 0) is 37.1 Å². The van der Waals surface area contributed by atoms with Crippen LogP contribution in [0.3, 0.4) is 0 Å². The summed E-state index contributed by atoms with van der Waals surface area (Å²) in [5.41, 5.74) is 3.10. The monoisotopic (exact) mass is 393 g/mol. The van der Waals surface area contributed by atoms with E-state index in [-0.39, 0.29) is 17.7 Å². The molecule has 0 saturated carbocycles. The highest BCUT2D eigenvalue weighted by Crippen LogP contribution is 2.34. The molecule has 1 aliphatic heterocycles. The molecule has 0 aliphatic carbocycles. The molecule has 3 rings (SSSR count). The minimum Gasteiger partial charge on any atom is -0.496 e. The fourth-order valence-corrected chi connectivity index (χ4v) is 4.67. The van der Waals surface area contributed by atoms with Crippen molar-refractivity contribution in [3.05, 3.63) is 35.7 Å². The van der Waals surface area contributed by atoms with Crippen molar-refractivity contribution in [3.63, 3.8) is 0 Å². The molecule has 1 saturated heterocycles. The lowest BCUT2D eigenvalue weighted by Gasteiger charge is -2.23. The zero-order valence-electron chi connectivity index (χ0n) is 16.5. The van der Waals surface area contributed by atoms with Gasteiger partial charge in [0.25, 0.3) is 0 Å². The van der Waals surface area contributed by atoms with Gasteiger partial charge in [0.1, 0.15) is 11.6 Å². The lowest BCUT2D eigenvalue weighted by Crippen LogP contribution is -2.32. The third-order valence-electron chi connectivity index (χ3n) is 5.15. The summed E-state index contributed by atoms with van der Waals surface area (Å²) in [5, 5.41) is 0. The van der Waals surface area contributed by atoms with Gasteiger partial charge in [0.15, 0.2) is 0 Å². The molecule has 27 heavy (non-hydrogen) atoms. The Morgan fingerprint density at radius 2 is 2.00 bits per heavy atom. The summed E-state index contributed by atoms with van der Waals surface area (Å²) in [7, 11) is 1.48. The molecule has 1 fully saturated rings. The number of sulfonamides is 1. The van der Waals surface area contributed by atoms with Gasteiger partial charge in [-0.1, -0.05) is 0 Å². The molecule has 7 nitrogen and oxygen atoms in total. The molecule has 0 unspecified atom stereocenters. The largest absolute Gasteiger partial charge is 0.496 e. The predicted molar refractivity (Wildman–Crippen MR) is 105 cm³/mol. The van der Waals surface area contributed by atoms with E-state index in [1.165, 1.54) is 4.31 Å². The first-order chi connectivity index (χ1) is 12.7. The average Bonchev–Trinajstić information content (AvgIpc) is 3.24. The molecule has 0 amide bonds. The van der Waals surface area contributed by atoms with E-state index in [4.69, 9.17) is 9.47 Å². The number of nitrogens with zero attached hydrogens (tertiary/aromatic N) is 3. The summed E-state index contributed by atoms with van der Waals surface area (Å²) in [6, 6.07) is 4.00. The van der Waals surface area contributed by atoms with E-state index in [2.05, 4.69) is 15.6 Å². The first kappa shape index (κ1) is 19.9. The van der Waals surface area contributed by atoms with Crippen LogP contribution in [0.4, 0.5) is 0 Å². The number of benzene rings is 1. The molecule has 1 aliphatic rings. The molecule has 0 radical (unpaired) electrons. The van der Waals surface area contributed by atoms with Crippen LogP contribution >= 0.6 is 0 Å². The van der Waals surface area contributed by atoms with Crippen LogP contribution in [0.1, 0.15) is 17.2 Å². The van der Waals surface area contributed by atoms with E-state index in [1.54, 1.807) is 27.4 Å². The third-order valence-corrected chi connectivity index (χ3v) is 7.12. The molecule has 2 heterocycles. The van der Waals surface area contributed by atoms with E-state index in [1.807, 2.05) is 26.1 Å². The van der Waals surface area contributed by atoms with Crippen LogP contribution in [0, 0.1) is 19.8 Å². The summed E-state index contributed by atoms with van der Waals surface area (Å²) < 4.78 is 39.1. The molecule has 148 valence electrons. The molecular formula is C19H27N3O4S. The summed E-state index contributed by atoms with van der Waals surface area (Å²) >= 11 is 0. The maximum atomic E-state index is 12.4. The van der Waals surface area contributed by atoms with Gasteiger partial charge in [-0.2, -0.15) is 0 Å². The van der Waals surface area contributed by atoms with Gasteiger partial charge < -0.3 is 14.0 Å². The Morgan fingerprint density at radius 1 is 1.26 bits per heavy atom. The van der Waals surface area contributed by atoms with Gasteiger partial charge in [0.05, 0.1) is 32.1 Å². The van der Waals surface area contributed by atoms with Crippen LogP contribution in [-0.4, -0.2) is 62.4 Å². The van der Waals surface area contributed by atoms with Gasteiger partial charge in [0.2, 0.25) is 10.0 Å². The van der Waals surface area contributed by atoms with Gasteiger partial charge in [-0.3, -0.25) is 0 Å². The van der Waals surface area contributed by atoms with Crippen molar-refractivity contribution in [2.75, 3.05) is 40.2 Å². The minimum absolute atomic E-state index is 0.0584. The first-order valence-corrected chi connectivity index (χ1v) is 10.5. The molecule has 0 bridgehead atoms. The number of methoxy groups -OCH3 is 1. The first-order valence-electron chi connectivity index (χ1n) is 8.91. The van der Waals surface area contributed by atoms with Crippen molar-refractivity contribution in [2.24, 2.45) is 5.92 Å². The zero-order chi connectivity index (χ0) is 19.8. The summed E-state index contributed by atoms with van der Waals surface area (Å²) in [5.74, 6) is 1.60. The Hall–Kier alpha value is -1.90. The lowest BCUT2D eigenvalue weighted by atomic mass is 10.0. The van der Waals surface area contributed by atoms with Crippen molar-refractivity contribution in [1.29, 1.82) is 0 Å². The fraction of sp³-hybridized carbons (Fsp3) is 0.526. The van der Waals surface area contributed by atoms with Gasteiger partial charge in [0, 0.05) is 38.0 Å². The molecule has 1 aromatic heterocycles. The Morgan fingerprint density at radius 3 is 2.67 bits per heavy atom. The molecule has 0 spiro atoms. The summed E-state index contributed by atoms with van der Waals surface area (Å²) in [4.78, 5) is 4.56.